The zero-order valence-electron chi connectivity index (χ0n) is 16.5. The van der Waals surface area contributed by atoms with Gasteiger partial charge in [-0.3, -0.25) is 4.99 Å². The highest BCUT2D eigenvalue weighted by atomic mass is 35.5. The van der Waals surface area contributed by atoms with Crippen LogP contribution in [0.5, 0.6) is 0 Å². The minimum absolute atomic E-state index is 0.130. The Morgan fingerprint density at radius 2 is 2.25 bits per heavy atom. The second-order valence-electron chi connectivity index (χ2n) is 6.80. The van der Waals surface area contributed by atoms with Crippen LogP contribution < -0.4 is 4.90 Å². The monoisotopic (exact) mass is 401 g/mol. The lowest BCUT2D eigenvalue weighted by Gasteiger charge is -2.22. The van der Waals surface area contributed by atoms with Gasteiger partial charge >= 0.3 is 0 Å². The third-order valence-corrected chi connectivity index (χ3v) is 5.13. The Morgan fingerprint density at radius 3 is 2.96 bits per heavy atom. The van der Waals surface area contributed by atoms with Gasteiger partial charge in [0, 0.05) is 24.9 Å². The van der Waals surface area contributed by atoms with Gasteiger partial charge in [-0.2, -0.15) is 0 Å². The molecule has 1 aromatic carbocycles. The molecule has 0 radical (unpaired) electrons. The van der Waals surface area contributed by atoms with Crippen LogP contribution in [0.25, 0.3) is 5.70 Å². The van der Waals surface area contributed by atoms with Crippen molar-refractivity contribution in [3.63, 3.8) is 0 Å². The molecule has 2 heterocycles. The van der Waals surface area contributed by atoms with E-state index in [1.165, 1.54) is 6.07 Å². The van der Waals surface area contributed by atoms with E-state index in [1.54, 1.807) is 18.3 Å². The molecule has 148 valence electrons. The van der Waals surface area contributed by atoms with Gasteiger partial charge in [-0.1, -0.05) is 24.6 Å². The van der Waals surface area contributed by atoms with E-state index in [9.17, 15) is 4.39 Å². The van der Waals surface area contributed by atoms with Crippen molar-refractivity contribution < 1.29 is 8.81 Å². The summed E-state index contributed by atoms with van der Waals surface area (Å²) in [7, 11) is 0. The molecule has 6 heteroatoms. The van der Waals surface area contributed by atoms with Crippen LogP contribution in [-0.2, 0) is 13.0 Å². The molecule has 0 amide bonds. The minimum Gasteiger partial charge on any atom is -0.440 e. The summed E-state index contributed by atoms with van der Waals surface area (Å²) in [5, 5.41) is 0.130. The van der Waals surface area contributed by atoms with Crippen molar-refractivity contribution in [2.24, 2.45) is 4.99 Å². The lowest BCUT2D eigenvalue weighted by Crippen LogP contribution is -2.22. The molecule has 0 aliphatic carbocycles. The Balaban J connectivity index is 1.92. The fourth-order valence-electron chi connectivity index (χ4n) is 3.11. The number of oxazole rings is 1. The summed E-state index contributed by atoms with van der Waals surface area (Å²) in [6.45, 7) is 7.52. The summed E-state index contributed by atoms with van der Waals surface area (Å²) in [5.41, 5.74) is 3.69. The van der Waals surface area contributed by atoms with Gasteiger partial charge in [0.1, 0.15) is 23.0 Å². The van der Waals surface area contributed by atoms with Crippen LogP contribution in [0.15, 0.2) is 45.3 Å². The summed E-state index contributed by atoms with van der Waals surface area (Å²) in [6, 6.07) is 4.82. The van der Waals surface area contributed by atoms with E-state index in [0.717, 1.165) is 54.2 Å². The topological polar surface area (TPSA) is 41.6 Å². The number of aromatic nitrogens is 1. The Kier molecular flexibility index (Phi) is 6.68. The first-order chi connectivity index (χ1) is 13.5. The third-order valence-electron chi connectivity index (χ3n) is 4.84. The largest absolute Gasteiger partial charge is 0.440 e. The molecule has 1 aliphatic rings. The Morgan fingerprint density at radius 1 is 1.43 bits per heavy atom. The standard InChI is InChI=1S/C22H25ClFN3O/c1-4-6-11-25-21(15(3)5-2)22-26-19-14-27(12-7-8-20(19)28-22)16-9-10-18(24)17(23)13-16/h4,6,9-11,13H,5,7-8,12,14H2,1-3H3/b6-4-,21-15?,25-11?. The summed E-state index contributed by atoms with van der Waals surface area (Å²) >= 11 is 5.97. The normalized spacial score (nSPS) is 15.8. The average molecular weight is 402 g/mol. The zero-order chi connectivity index (χ0) is 20.1. The van der Waals surface area contributed by atoms with E-state index in [4.69, 9.17) is 21.0 Å². The van der Waals surface area contributed by atoms with E-state index in [-0.39, 0.29) is 5.02 Å². The number of hydrogen-bond acceptors (Lipinski definition) is 4. The van der Waals surface area contributed by atoms with Crippen molar-refractivity contribution >= 4 is 29.2 Å². The molecule has 0 bridgehead atoms. The van der Waals surface area contributed by atoms with Gasteiger partial charge < -0.3 is 9.32 Å². The first kappa shape index (κ1) is 20.3. The molecule has 2 aromatic rings. The summed E-state index contributed by atoms with van der Waals surface area (Å²) < 4.78 is 19.6. The van der Waals surface area contributed by atoms with Gasteiger partial charge in [0.25, 0.3) is 0 Å². The number of hydrogen-bond donors (Lipinski definition) is 0. The van der Waals surface area contributed by atoms with E-state index in [2.05, 4.69) is 16.8 Å². The number of aliphatic imine (C=N–C) groups is 1. The van der Waals surface area contributed by atoms with Crippen LogP contribution in [-0.4, -0.2) is 17.7 Å². The maximum Gasteiger partial charge on any atom is 0.245 e. The highest BCUT2D eigenvalue weighted by molar-refractivity contribution is 6.31. The minimum atomic E-state index is -0.409. The maximum atomic E-state index is 13.5. The summed E-state index contributed by atoms with van der Waals surface area (Å²) in [5.74, 6) is 1.05. The van der Waals surface area contributed by atoms with Gasteiger partial charge in [0.05, 0.1) is 11.6 Å². The molecule has 1 aliphatic heterocycles. The van der Waals surface area contributed by atoms with Crippen molar-refractivity contribution in [1.29, 1.82) is 0 Å². The van der Waals surface area contributed by atoms with Crippen molar-refractivity contribution in [3.05, 3.63) is 64.1 Å². The molecule has 0 saturated carbocycles. The van der Waals surface area contributed by atoms with Gasteiger partial charge in [0.2, 0.25) is 5.89 Å². The van der Waals surface area contributed by atoms with E-state index < -0.39 is 5.82 Å². The highest BCUT2D eigenvalue weighted by Crippen LogP contribution is 2.30. The average Bonchev–Trinajstić information content (AvgIpc) is 2.97. The van der Waals surface area contributed by atoms with E-state index in [0.29, 0.717) is 12.4 Å². The van der Waals surface area contributed by atoms with Gasteiger partial charge in [-0.15, -0.1) is 0 Å². The number of rotatable bonds is 5. The quantitative estimate of drug-likeness (QED) is 0.559. The molecule has 28 heavy (non-hydrogen) atoms. The lowest BCUT2D eigenvalue weighted by atomic mass is 10.2. The van der Waals surface area contributed by atoms with Gasteiger partial charge in [-0.05, 0) is 56.5 Å². The molecule has 0 fully saturated rings. The predicted molar refractivity (Wildman–Crippen MR) is 113 cm³/mol. The van der Waals surface area contributed by atoms with Crippen molar-refractivity contribution in [1.82, 2.24) is 4.98 Å². The Bertz CT molecular complexity index is 930. The molecule has 0 unspecified atom stereocenters. The van der Waals surface area contributed by atoms with Gasteiger partial charge in [0.15, 0.2) is 0 Å². The second kappa shape index (κ2) is 9.20. The number of fused-ring (bicyclic) bond motifs is 1. The molecular formula is C22H25ClFN3O. The number of anilines is 1. The van der Waals surface area contributed by atoms with Crippen molar-refractivity contribution in [3.8, 4) is 0 Å². The number of allylic oxidation sites excluding steroid dienone is 3. The fraction of sp³-hybridized carbons (Fsp3) is 0.364. The molecule has 0 saturated heterocycles. The number of nitrogens with zero attached hydrogens (tertiary/aromatic N) is 3. The van der Waals surface area contributed by atoms with Crippen LogP contribution in [0, 0.1) is 5.82 Å². The van der Waals surface area contributed by atoms with Crippen LogP contribution in [0.1, 0.15) is 51.0 Å². The number of aryl methyl sites for hydroxylation is 1. The molecule has 3 rings (SSSR count). The van der Waals surface area contributed by atoms with E-state index in [1.807, 2.05) is 26.0 Å². The van der Waals surface area contributed by atoms with Crippen LogP contribution >= 0.6 is 11.6 Å². The SMILES string of the molecule is C/C=C\C=NC(=C(C)CC)c1nc2c(o1)CCCN(c1ccc(F)c(Cl)c1)C2. The van der Waals surface area contributed by atoms with E-state index >= 15 is 0 Å². The summed E-state index contributed by atoms with van der Waals surface area (Å²) in [4.78, 5) is 11.5. The summed E-state index contributed by atoms with van der Waals surface area (Å²) in [6.07, 6.45) is 8.18. The molecular weight excluding hydrogens is 377 g/mol. The van der Waals surface area contributed by atoms with Crippen molar-refractivity contribution in [2.75, 3.05) is 11.4 Å². The molecule has 0 atom stereocenters. The number of halogens is 2. The molecule has 1 aromatic heterocycles. The second-order valence-corrected chi connectivity index (χ2v) is 7.21. The Hall–Kier alpha value is -2.40. The van der Waals surface area contributed by atoms with Crippen LogP contribution in [0.4, 0.5) is 10.1 Å². The lowest BCUT2D eigenvalue weighted by molar-refractivity contribution is 0.486. The molecule has 4 nitrogen and oxygen atoms in total. The molecule has 0 spiro atoms. The smallest absolute Gasteiger partial charge is 0.245 e. The first-order valence-electron chi connectivity index (χ1n) is 9.57. The molecule has 0 N–H and O–H groups in total. The first-order valence-corrected chi connectivity index (χ1v) is 9.95. The fourth-order valence-corrected chi connectivity index (χ4v) is 3.29. The van der Waals surface area contributed by atoms with Crippen LogP contribution in [0.3, 0.4) is 0 Å². The maximum absolute atomic E-state index is 13.5. The van der Waals surface area contributed by atoms with Crippen molar-refractivity contribution in [2.45, 2.75) is 46.6 Å². The zero-order valence-corrected chi connectivity index (χ0v) is 17.3. The van der Waals surface area contributed by atoms with Crippen LogP contribution in [0.2, 0.25) is 5.02 Å². The van der Waals surface area contributed by atoms with Gasteiger partial charge in [-0.25, -0.2) is 9.37 Å². The third kappa shape index (κ3) is 4.53. The number of benzene rings is 1. The Labute approximate surface area is 170 Å². The highest BCUT2D eigenvalue weighted by Gasteiger charge is 2.23. The predicted octanol–water partition coefficient (Wildman–Crippen LogP) is 6.21.